The van der Waals surface area contributed by atoms with Crippen LogP contribution in [0.5, 0.6) is 11.5 Å². The van der Waals surface area contributed by atoms with Crippen LogP contribution in [0.25, 0.3) is 0 Å². The Bertz CT molecular complexity index is 852. The van der Waals surface area contributed by atoms with Gasteiger partial charge < -0.3 is 24.4 Å². The Balaban J connectivity index is 1.77. The number of amides is 2. The van der Waals surface area contributed by atoms with Crippen LogP contribution in [0.3, 0.4) is 0 Å². The maximum atomic E-state index is 12.8. The summed E-state index contributed by atoms with van der Waals surface area (Å²) < 4.78 is 15.3. The average molecular weight is 370 g/mol. The first-order chi connectivity index (χ1) is 13.1. The standard InChI is InChI=1S/C20H22N2O5/c1-25-15-6-4-5-13(11-15)17-9-10-22(17)20(24)21-16-12-14(19(23)27-3)7-8-18(16)26-2/h4-8,11-12,17H,9-10H2,1-3H3,(H,21,24). The summed E-state index contributed by atoms with van der Waals surface area (Å²) in [6.07, 6.45) is 0.875. The molecule has 0 aliphatic carbocycles. The number of carbonyl (C=O) groups is 2. The molecule has 2 aromatic rings. The van der Waals surface area contributed by atoms with Gasteiger partial charge in [-0.3, -0.25) is 0 Å². The number of methoxy groups -OCH3 is 3. The van der Waals surface area contributed by atoms with Gasteiger partial charge in [0, 0.05) is 6.54 Å². The van der Waals surface area contributed by atoms with E-state index in [2.05, 4.69) is 5.32 Å². The molecule has 0 aromatic heterocycles. The van der Waals surface area contributed by atoms with Crippen molar-refractivity contribution in [2.45, 2.75) is 12.5 Å². The van der Waals surface area contributed by atoms with E-state index in [1.54, 1.807) is 30.2 Å². The second-order valence-electron chi connectivity index (χ2n) is 6.11. The minimum atomic E-state index is -0.480. The van der Waals surface area contributed by atoms with E-state index < -0.39 is 5.97 Å². The Morgan fingerprint density at radius 1 is 1.07 bits per heavy atom. The van der Waals surface area contributed by atoms with E-state index in [0.717, 1.165) is 17.7 Å². The van der Waals surface area contributed by atoms with Crippen LogP contribution in [0.15, 0.2) is 42.5 Å². The number of anilines is 1. The summed E-state index contributed by atoms with van der Waals surface area (Å²) in [5.41, 5.74) is 1.77. The van der Waals surface area contributed by atoms with Crippen LogP contribution in [-0.4, -0.2) is 44.8 Å². The first-order valence-electron chi connectivity index (χ1n) is 8.55. The first kappa shape index (κ1) is 18.6. The highest BCUT2D eigenvalue weighted by Gasteiger charge is 2.34. The third-order valence-electron chi connectivity index (χ3n) is 4.62. The minimum absolute atomic E-state index is 0.0186. The molecule has 0 saturated carbocycles. The van der Waals surface area contributed by atoms with Gasteiger partial charge in [-0.2, -0.15) is 0 Å². The Morgan fingerprint density at radius 2 is 1.89 bits per heavy atom. The van der Waals surface area contributed by atoms with Crippen molar-refractivity contribution in [2.24, 2.45) is 0 Å². The molecule has 1 fully saturated rings. The van der Waals surface area contributed by atoms with Crippen molar-refractivity contribution < 1.29 is 23.8 Å². The molecule has 1 N–H and O–H groups in total. The second kappa shape index (κ2) is 7.99. The highest BCUT2D eigenvalue weighted by Crippen LogP contribution is 2.36. The molecule has 3 rings (SSSR count). The Hall–Kier alpha value is -3.22. The molecule has 0 bridgehead atoms. The first-order valence-corrected chi connectivity index (χ1v) is 8.55. The molecule has 7 heteroatoms. The van der Waals surface area contributed by atoms with Gasteiger partial charge in [-0.1, -0.05) is 12.1 Å². The molecule has 142 valence electrons. The van der Waals surface area contributed by atoms with Gasteiger partial charge in [0.1, 0.15) is 11.5 Å². The van der Waals surface area contributed by atoms with Crippen LogP contribution in [0.4, 0.5) is 10.5 Å². The maximum absolute atomic E-state index is 12.8. The van der Waals surface area contributed by atoms with Crippen LogP contribution in [0, 0.1) is 0 Å². The summed E-state index contributed by atoms with van der Waals surface area (Å²) in [4.78, 5) is 26.3. The van der Waals surface area contributed by atoms with Gasteiger partial charge in [-0.15, -0.1) is 0 Å². The van der Waals surface area contributed by atoms with Crippen LogP contribution in [0.2, 0.25) is 0 Å². The Labute approximate surface area is 157 Å². The third-order valence-corrected chi connectivity index (χ3v) is 4.62. The van der Waals surface area contributed by atoms with Gasteiger partial charge in [-0.25, -0.2) is 9.59 Å². The normalized spacial score (nSPS) is 15.5. The van der Waals surface area contributed by atoms with Crippen molar-refractivity contribution >= 4 is 17.7 Å². The molecule has 27 heavy (non-hydrogen) atoms. The molecule has 1 unspecified atom stereocenters. The average Bonchev–Trinajstić information content (AvgIpc) is 2.66. The largest absolute Gasteiger partial charge is 0.497 e. The van der Waals surface area contributed by atoms with Crippen molar-refractivity contribution in [2.75, 3.05) is 33.2 Å². The lowest BCUT2D eigenvalue weighted by Crippen LogP contribution is -2.47. The number of likely N-dealkylation sites (tertiary alicyclic amines) is 1. The summed E-state index contributed by atoms with van der Waals surface area (Å²) in [7, 11) is 4.43. The molecule has 1 atom stereocenters. The Morgan fingerprint density at radius 3 is 2.52 bits per heavy atom. The van der Waals surface area contributed by atoms with Gasteiger partial charge in [0.25, 0.3) is 0 Å². The minimum Gasteiger partial charge on any atom is -0.497 e. The number of carbonyl (C=O) groups excluding carboxylic acids is 2. The molecule has 1 aliphatic rings. The molecule has 2 aromatic carbocycles. The van der Waals surface area contributed by atoms with Gasteiger partial charge in [-0.05, 0) is 42.3 Å². The molecule has 0 radical (unpaired) electrons. The van der Waals surface area contributed by atoms with Crippen molar-refractivity contribution in [1.82, 2.24) is 4.90 Å². The summed E-state index contributed by atoms with van der Waals surface area (Å²) in [5, 5.41) is 2.83. The van der Waals surface area contributed by atoms with Crippen LogP contribution in [0.1, 0.15) is 28.4 Å². The molecule has 1 saturated heterocycles. The predicted molar refractivity (Wildman–Crippen MR) is 100 cm³/mol. The van der Waals surface area contributed by atoms with E-state index in [9.17, 15) is 9.59 Å². The number of benzene rings is 2. The second-order valence-corrected chi connectivity index (χ2v) is 6.11. The van der Waals surface area contributed by atoms with E-state index in [4.69, 9.17) is 14.2 Å². The zero-order valence-electron chi connectivity index (χ0n) is 15.5. The number of esters is 1. The van der Waals surface area contributed by atoms with Crippen molar-refractivity contribution in [3.63, 3.8) is 0 Å². The molecule has 1 aliphatic heterocycles. The van der Waals surface area contributed by atoms with Gasteiger partial charge in [0.15, 0.2) is 0 Å². The number of rotatable bonds is 5. The van der Waals surface area contributed by atoms with E-state index >= 15 is 0 Å². The summed E-state index contributed by atoms with van der Waals surface area (Å²) in [6, 6.07) is 12.2. The molecule has 0 spiro atoms. The fourth-order valence-electron chi connectivity index (χ4n) is 3.06. The number of hydrogen-bond donors (Lipinski definition) is 1. The maximum Gasteiger partial charge on any atom is 0.337 e. The van der Waals surface area contributed by atoms with Gasteiger partial charge in [0.05, 0.1) is 38.6 Å². The number of ether oxygens (including phenoxy) is 3. The molecule has 2 amide bonds. The van der Waals surface area contributed by atoms with Crippen LogP contribution < -0.4 is 14.8 Å². The van der Waals surface area contributed by atoms with E-state index in [0.29, 0.717) is 23.5 Å². The summed E-state index contributed by atoms with van der Waals surface area (Å²) >= 11 is 0. The third kappa shape index (κ3) is 3.81. The highest BCUT2D eigenvalue weighted by molar-refractivity contribution is 5.95. The molecule has 7 nitrogen and oxygen atoms in total. The predicted octanol–water partition coefficient (Wildman–Crippen LogP) is 3.47. The fourth-order valence-corrected chi connectivity index (χ4v) is 3.06. The van der Waals surface area contributed by atoms with Crippen LogP contribution >= 0.6 is 0 Å². The number of nitrogens with zero attached hydrogens (tertiary/aromatic N) is 1. The van der Waals surface area contributed by atoms with Crippen molar-refractivity contribution in [1.29, 1.82) is 0 Å². The smallest absolute Gasteiger partial charge is 0.337 e. The summed E-state index contributed by atoms with van der Waals surface area (Å²) in [6.45, 7) is 0.646. The lowest BCUT2D eigenvalue weighted by Gasteiger charge is -2.41. The zero-order valence-corrected chi connectivity index (χ0v) is 15.5. The van der Waals surface area contributed by atoms with E-state index in [1.165, 1.54) is 14.2 Å². The van der Waals surface area contributed by atoms with E-state index in [-0.39, 0.29) is 12.1 Å². The summed E-state index contributed by atoms with van der Waals surface area (Å²) in [5.74, 6) is 0.744. The number of nitrogens with one attached hydrogen (secondary N) is 1. The van der Waals surface area contributed by atoms with E-state index in [1.807, 2.05) is 24.3 Å². The lowest BCUT2D eigenvalue weighted by atomic mass is 9.95. The number of urea groups is 1. The highest BCUT2D eigenvalue weighted by atomic mass is 16.5. The molecule has 1 heterocycles. The molecular formula is C20H22N2O5. The lowest BCUT2D eigenvalue weighted by molar-refractivity contribution is 0.0600. The fraction of sp³-hybridized carbons (Fsp3) is 0.300. The van der Waals surface area contributed by atoms with Crippen molar-refractivity contribution in [3.05, 3.63) is 53.6 Å². The van der Waals surface area contributed by atoms with Gasteiger partial charge in [0.2, 0.25) is 0 Å². The monoisotopic (exact) mass is 370 g/mol. The van der Waals surface area contributed by atoms with Gasteiger partial charge >= 0.3 is 12.0 Å². The van der Waals surface area contributed by atoms with Crippen LogP contribution in [-0.2, 0) is 4.74 Å². The molecular weight excluding hydrogens is 348 g/mol. The Kier molecular flexibility index (Phi) is 5.49. The quantitative estimate of drug-likeness (QED) is 0.816. The topological polar surface area (TPSA) is 77.1 Å². The number of hydrogen-bond acceptors (Lipinski definition) is 5. The SMILES string of the molecule is COC(=O)c1ccc(OC)c(NC(=O)N2CCC2c2cccc(OC)c2)c1. The van der Waals surface area contributed by atoms with Crippen molar-refractivity contribution in [3.8, 4) is 11.5 Å². The zero-order chi connectivity index (χ0) is 19.4.